The van der Waals surface area contributed by atoms with Gasteiger partial charge in [0, 0.05) is 0 Å². The van der Waals surface area contributed by atoms with Gasteiger partial charge in [0.1, 0.15) is 11.0 Å². The summed E-state index contributed by atoms with van der Waals surface area (Å²) in [6.07, 6.45) is -0.0588. The third kappa shape index (κ3) is 3.55. The van der Waals surface area contributed by atoms with Gasteiger partial charge in [-0.1, -0.05) is 0 Å². The average Bonchev–Trinajstić information content (AvgIpc) is 3.04. The SMILES string of the molecule is COC(=O)c1ccsc1NC(=O)C[C@H]1Nc2cc(C)c(C)cc2NC1=O. The lowest BCUT2D eigenvalue weighted by Crippen LogP contribution is -2.41. The zero-order valence-corrected chi connectivity index (χ0v) is 15.5. The maximum absolute atomic E-state index is 12.3. The summed E-state index contributed by atoms with van der Waals surface area (Å²) < 4.78 is 4.68. The molecule has 1 aromatic carbocycles. The molecule has 1 atom stereocenters. The largest absolute Gasteiger partial charge is 0.465 e. The standard InChI is InChI=1S/C18H19N3O4S/c1-9-6-12-13(7-10(9)2)20-16(23)14(19-12)8-15(22)21-17-11(4-5-26-17)18(24)25-3/h4-7,14,19H,8H2,1-3H3,(H,20,23)(H,21,22)/t14-/m1/s1. The van der Waals surface area contributed by atoms with Crippen LogP contribution in [-0.2, 0) is 14.3 Å². The number of thiophene rings is 1. The highest BCUT2D eigenvalue weighted by molar-refractivity contribution is 7.14. The van der Waals surface area contributed by atoms with Gasteiger partial charge in [0.25, 0.3) is 0 Å². The summed E-state index contributed by atoms with van der Waals surface area (Å²) in [7, 11) is 1.28. The fourth-order valence-corrected chi connectivity index (χ4v) is 3.49. The van der Waals surface area contributed by atoms with Gasteiger partial charge in [-0.05, 0) is 48.6 Å². The fourth-order valence-electron chi connectivity index (χ4n) is 2.70. The van der Waals surface area contributed by atoms with E-state index in [1.807, 2.05) is 26.0 Å². The molecule has 0 saturated heterocycles. The maximum Gasteiger partial charge on any atom is 0.340 e. The third-order valence-corrected chi connectivity index (χ3v) is 5.08. The predicted molar refractivity (Wildman–Crippen MR) is 101 cm³/mol. The van der Waals surface area contributed by atoms with Crippen molar-refractivity contribution in [1.82, 2.24) is 0 Å². The van der Waals surface area contributed by atoms with E-state index in [1.54, 1.807) is 11.4 Å². The first-order valence-electron chi connectivity index (χ1n) is 8.03. The molecule has 2 heterocycles. The Bertz CT molecular complexity index is 891. The van der Waals surface area contributed by atoms with Gasteiger partial charge in [-0.15, -0.1) is 11.3 Å². The van der Waals surface area contributed by atoms with E-state index in [2.05, 4.69) is 20.7 Å². The molecule has 8 heteroatoms. The Kier molecular flexibility index (Phi) is 4.94. The monoisotopic (exact) mass is 373 g/mol. The number of carbonyl (C=O) groups is 3. The number of benzene rings is 1. The zero-order chi connectivity index (χ0) is 18.8. The average molecular weight is 373 g/mol. The van der Waals surface area contributed by atoms with Gasteiger partial charge in [-0.2, -0.15) is 0 Å². The molecule has 7 nitrogen and oxygen atoms in total. The summed E-state index contributed by atoms with van der Waals surface area (Å²) in [5, 5.41) is 10.7. The van der Waals surface area contributed by atoms with Gasteiger partial charge in [0.15, 0.2) is 0 Å². The van der Waals surface area contributed by atoms with E-state index in [0.29, 0.717) is 16.3 Å². The van der Waals surface area contributed by atoms with Crippen LogP contribution < -0.4 is 16.0 Å². The smallest absolute Gasteiger partial charge is 0.340 e. The number of hydrogen-bond donors (Lipinski definition) is 3. The molecule has 3 rings (SSSR count). The zero-order valence-electron chi connectivity index (χ0n) is 14.6. The number of nitrogens with one attached hydrogen (secondary N) is 3. The minimum atomic E-state index is -0.689. The number of methoxy groups -OCH3 is 1. The topological polar surface area (TPSA) is 96.5 Å². The number of rotatable bonds is 4. The fraction of sp³-hybridized carbons (Fsp3) is 0.278. The van der Waals surface area contributed by atoms with Crippen LogP contribution in [0.4, 0.5) is 16.4 Å². The van der Waals surface area contributed by atoms with Crippen molar-refractivity contribution in [3.05, 3.63) is 40.3 Å². The Labute approximate surface area is 154 Å². The van der Waals surface area contributed by atoms with Crippen LogP contribution in [-0.4, -0.2) is 30.9 Å². The molecule has 26 heavy (non-hydrogen) atoms. The molecule has 3 N–H and O–H groups in total. The van der Waals surface area contributed by atoms with Crippen molar-refractivity contribution >= 4 is 45.5 Å². The van der Waals surface area contributed by atoms with Crippen molar-refractivity contribution in [2.75, 3.05) is 23.1 Å². The first kappa shape index (κ1) is 17.9. The molecule has 0 radical (unpaired) electrons. The molecule has 0 fully saturated rings. The Balaban J connectivity index is 1.70. The number of ether oxygens (including phenoxy) is 1. The first-order chi connectivity index (χ1) is 12.4. The molecule has 1 aliphatic heterocycles. The minimum Gasteiger partial charge on any atom is -0.465 e. The van der Waals surface area contributed by atoms with Gasteiger partial charge in [0.2, 0.25) is 11.8 Å². The number of fused-ring (bicyclic) bond motifs is 1. The predicted octanol–water partition coefficient (Wildman–Crippen LogP) is 2.91. The molecular weight excluding hydrogens is 354 g/mol. The Hall–Kier alpha value is -2.87. The van der Waals surface area contributed by atoms with Crippen LogP contribution in [0.3, 0.4) is 0 Å². The van der Waals surface area contributed by atoms with E-state index >= 15 is 0 Å². The summed E-state index contributed by atoms with van der Waals surface area (Å²) in [6, 6.07) is 4.74. The van der Waals surface area contributed by atoms with Crippen LogP contribution >= 0.6 is 11.3 Å². The highest BCUT2D eigenvalue weighted by Crippen LogP contribution is 2.31. The van der Waals surface area contributed by atoms with E-state index in [0.717, 1.165) is 16.8 Å². The van der Waals surface area contributed by atoms with Crippen molar-refractivity contribution in [2.24, 2.45) is 0 Å². The summed E-state index contributed by atoms with van der Waals surface area (Å²) >= 11 is 1.22. The molecule has 0 saturated carbocycles. The first-order valence-corrected chi connectivity index (χ1v) is 8.91. The molecular formula is C18H19N3O4S. The number of anilines is 3. The second kappa shape index (κ2) is 7.17. The quantitative estimate of drug-likeness (QED) is 0.716. The third-order valence-electron chi connectivity index (χ3n) is 4.25. The van der Waals surface area contributed by atoms with Crippen molar-refractivity contribution in [3.63, 3.8) is 0 Å². The molecule has 2 amide bonds. The Morgan fingerprint density at radius 3 is 2.62 bits per heavy atom. The number of carbonyl (C=O) groups excluding carboxylic acids is 3. The van der Waals surface area contributed by atoms with E-state index in [1.165, 1.54) is 18.4 Å². The van der Waals surface area contributed by atoms with Gasteiger partial charge in [-0.25, -0.2) is 4.79 Å². The molecule has 0 aliphatic carbocycles. The lowest BCUT2D eigenvalue weighted by Gasteiger charge is -2.27. The molecule has 0 spiro atoms. The molecule has 2 aromatic rings. The summed E-state index contributed by atoms with van der Waals surface area (Å²) in [4.78, 5) is 36.3. The van der Waals surface area contributed by atoms with E-state index in [-0.39, 0.29) is 18.2 Å². The highest BCUT2D eigenvalue weighted by atomic mass is 32.1. The molecule has 0 unspecified atom stereocenters. The number of amides is 2. The summed E-state index contributed by atoms with van der Waals surface area (Å²) in [5.74, 6) is -1.15. The van der Waals surface area contributed by atoms with Gasteiger partial charge < -0.3 is 20.7 Å². The van der Waals surface area contributed by atoms with Crippen molar-refractivity contribution in [1.29, 1.82) is 0 Å². The number of aryl methyl sites for hydroxylation is 2. The van der Waals surface area contributed by atoms with Crippen molar-refractivity contribution < 1.29 is 19.1 Å². The molecule has 0 bridgehead atoms. The number of hydrogen-bond acceptors (Lipinski definition) is 6. The summed E-state index contributed by atoms with van der Waals surface area (Å²) in [6.45, 7) is 3.96. The molecule has 136 valence electrons. The van der Waals surface area contributed by atoms with E-state index < -0.39 is 12.0 Å². The van der Waals surface area contributed by atoms with Crippen LogP contribution in [0.5, 0.6) is 0 Å². The van der Waals surface area contributed by atoms with Crippen LogP contribution in [0.25, 0.3) is 0 Å². The maximum atomic E-state index is 12.3. The Morgan fingerprint density at radius 2 is 1.92 bits per heavy atom. The second-order valence-electron chi connectivity index (χ2n) is 6.08. The lowest BCUT2D eigenvalue weighted by molar-refractivity contribution is -0.122. The van der Waals surface area contributed by atoms with Crippen LogP contribution in [0.15, 0.2) is 23.6 Å². The van der Waals surface area contributed by atoms with Gasteiger partial charge >= 0.3 is 5.97 Å². The lowest BCUT2D eigenvalue weighted by atomic mass is 10.0. The van der Waals surface area contributed by atoms with Gasteiger partial charge in [0.05, 0.1) is 30.5 Å². The molecule has 1 aliphatic rings. The number of esters is 1. The summed E-state index contributed by atoms with van der Waals surface area (Å²) in [5.41, 5.74) is 3.97. The second-order valence-corrected chi connectivity index (χ2v) is 6.99. The van der Waals surface area contributed by atoms with Crippen molar-refractivity contribution in [3.8, 4) is 0 Å². The van der Waals surface area contributed by atoms with E-state index in [4.69, 9.17) is 0 Å². The van der Waals surface area contributed by atoms with Crippen LogP contribution in [0, 0.1) is 13.8 Å². The van der Waals surface area contributed by atoms with Gasteiger partial charge in [-0.3, -0.25) is 9.59 Å². The van der Waals surface area contributed by atoms with Crippen LogP contribution in [0.2, 0.25) is 0 Å². The molecule has 1 aromatic heterocycles. The Morgan fingerprint density at radius 1 is 1.23 bits per heavy atom. The van der Waals surface area contributed by atoms with Crippen LogP contribution in [0.1, 0.15) is 27.9 Å². The van der Waals surface area contributed by atoms with E-state index in [9.17, 15) is 14.4 Å². The normalized spacial score (nSPS) is 15.5. The van der Waals surface area contributed by atoms with Crippen molar-refractivity contribution in [2.45, 2.75) is 26.3 Å². The minimum absolute atomic E-state index is 0.0588. The highest BCUT2D eigenvalue weighted by Gasteiger charge is 2.28.